The maximum atomic E-state index is 12.6. The summed E-state index contributed by atoms with van der Waals surface area (Å²) in [4.78, 5) is 26.2. The van der Waals surface area contributed by atoms with Crippen LogP contribution in [0, 0.1) is 6.92 Å². The van der Waals surface area contributed by atoms with Crippen molar-refractivity contribution in [3.05, 3.63) is 76.9 Å². The van der Waals surface area contributed by atoms with E-state index in [1.54, 1.807) is 37.6 Å². The molecule has 0 spiro atoms. The van der Waals surface area contributed by atoms with E-state index in [1.165, 1.54) is 11.3 Å². The highest BCUT2D eigenvalue weighted by atomic mass is 32.1. The molecule has 1 saturated heterocycles. The number of alkyl halides is 3. The molecule has 0 saturated carbocycles. The van der Waals surface area contributed by atoms with Crippen LogP contribution in [0.2, 0.25) is 0 Å². The number of nitrogens with one attached hydrogen (secondary N) is 3. The first-order chi connectivity index (χ1) is 23.0. The number of hydrogen-bond donors (Lipinski definition) is 4. The van der Waals surface area contributed by atoms with Crippen molar-refractivity contribution in [2.45, 2.75) is 38.5 Å². The number of methoxy groups -OCH3 is 1. The van der Waals surface area contributed by atoms with E-state index in [1.807, 2.05) is 41.9 Å². The summed E-state index contributed by atoms with van der Waals surface area (Å²) in [5.74, 6) is -0.260. The number of hydrogen-bond acceptors (Lipinski definition) is 11. The topological polar surface area (TPSA) is 165 Å². The third kappa shape index (κ3) is 8.74. The van der Waals surface area contributed by atoms with Gasteiger partial charge >= 0.3 is 12.1 Å². The quantitative estimate of drug-likeness (QED) is 0.155. The summed E-state index contributed by atoms with van der Waals surface area (Å²) in [6.07, 6.45) is -1.21. The minimum atomic E-state index is -5.08. The molecule has 0 aliphatic carbocycles. The molecular weight excluding hydrogens is 653 g/mol. The first kappa shape index (κ1) is 34.1. The van der Waals surface area contributed by atoms with Gasteiger partial charge in [0.1, 0.15) is 27.6 Å². The minimum Gasteiger partial charge on any atom is -0.497 e. The van der Waals surface area contributed by atoms with Gasteiger partial charge in [0.2, 0.25) is 5.13 Å². The Morgan fingerprint density at radius 2 is 1.79 bits per heavy atom. The number of piperidine rings is 1. The van der Waals surface area contributed by atoms with Crippen LogP contribution in [-0.2, 0) is 11.3 Å². The number of carboxylic acids is 1. The van der Waals surface area contributed by atoms with Crippen LogP contribution in [0.25, 0.3) is 11.0 Å². The predicted molar refractivity (Wildman–Crippen MR) is 172 cm³/mol. The molecule has 252 valence electrons. The van der Waals surface area contributed by atoms with Crippen LogP contribution in [0.3, 0.4) is 0 Å². The van der Waals surface area contributed by atoms with Crippen molar-refractivity contribution in [1.29, 1.82) is 0 Å². The Labute approximate surface area is 276 Å². The number of nitrogens with zero attached hydrogens (tertiary/aromatic N) is 5. The van der Waals surface area contributed by atoms with Gasteiger partial charge in [0.15, 0.2) is 11.5 Å². The van der Waals surface area contributed by atoms with Gasteiger partial charge in [-0.25, -0.2) is 14.5 Å². The maximum absolute atomic E-state index is 12.6. The maximum Gasteiger partial charge on any atom is 0.490 e. The molecule has 0 bridgehead atoms. The van der Waals surface area contributed by atoms with E-state index in [9.17, 15) is 18.0 Å². The summed E-state index contributed by atoms with van der Waals surface area (Å²) in [6.45, 7) is 4.27. The molecule has 0 unspecified atom stereocenters. The summed E-state index contributed by atoms with van der Waals surface area (Å²) in [6, 6.07) is 17.0. The molecule has 48 heavy (non-hydrogen) atoms. The number of carboxylic acid groups (broad SMARTS) is 1. The van der Waals surface area contributed by atoms with Gasteiger partial charge < -0.3 is 25.2 Å². The molecule has 1 aliphatic rings. The zero-order valence-electron chi connectivity index (χ0n) is 25.7. The number of anilines is 2. The van der Waals surface area contributed by atoms with Crippen molar-refractivity contribution in [2.75, 3.05) is 30.8 Å². The number of fused-ring (bicyclic) bond motifs is 1. The van der Waals surface area contributed by atoms with E-state index in [2.05, 4.69) is 31.1 Å². The van der Waals surface area contributed by atoms with Crippen LogP contribution in [-0.4, -0.2) is 74.4 Å². The normalized spacial score (nSPS) is 14.5. The number of halogens is 3. The van der Waals surface area contributed by atoms with Gasteiger partial charge in [-0.05, 0) is 68.3 Å². The second kappa shape index (κ2) is 15.1. The fourth-order valence-corrected chi connectivity index (χ4v) is 5.34. The standard InChI is InChI=1S/C29H30N8O3S.C2HF3O2/c1-18-34-35-29(41-18)33-28(38)20-7-11-23(12-8-20)40-24-13-15-31-27-25(24)26(32-21-4-3-14-30-16-21)36-37(27)17-19-5-9-22(39-2)10-6-19;3-2(4,5)1(6)7/h5-13,15,21,30H,3-4,14,16-17H2,1-2H3,(H,32,36)(H,33,35,38);(H,6,7)/t21-;/m1./s1. The predicted octanol–water partition coefficient (Wildman–Crippen LogP) is 5.49. The molecule has 2 aromatic carbocycles. The Hall–Kier alpha value is -5.29. The molecule has 1 aliphatic heterocycles. The van der Waals surface area contributed by atoms with Gasteiger partial charge in [0, 0.05) is 30.4 Å². The molecule has 1 fully saturated rings. The molecule has 6 rings (SSSR count). The monoisotopic (exact) mass is 684 g/mol. The molecule has 4 N–H and O–H groups in total. The van der Waals surface area contributed by atoms with Gasteiger partial charge in [0.25, 0.3) is 5.91 Å². The second-order valence-corrected chi connectivity index (χ2v) is 11.7. The Bertz CT molecular complexity index is 1860. The van der Waals surface area contributed by atoms with Crippen molar-refractivity contribution >= 4 is 45.2 Å². The van der Waals surface area contributed by atoms with Crippen LogP contribution >= 0.6 is 11.3 Å². The molecule has 5 aromatic rings. The third-order valence-corrected chi connectivity index (χ3v) is 7.81. The van der Waals surface area contributed by atoms with Crippen LogP contribution in [0.1, 0.15) is 33.8 Å². The van der Waals surface area contributed by atoms with Gasteiger partial charge in [0.05, 0.1) is 13.7 Å². The largest absolute Gasteiger partial charge is 0.497 e. The van der Waals surface area contributed by atoms with E-state index in [0.717, 1.165) is 53.5 Å². The molecule has 13 nitrogen and oxygen atoms in total. The second-order valence-electron chi connectivity index (χ2n) is 10.6. The van der Waals surface area contributed by atoms with Gasteiger partial charge in [-0.1, -0.05) is 23.5 Å². The lowest BCUT2D eigenvalue weighted by atomic mass is 10.1. The minimum absolute atomic E-state index is 0.249. The number of amides is 1. The number of aromatic nitrogens is 5. The number of aryl methyl sites for hydroxylation is 1. The highest BCUT2D eigenvalue weighted by Gasteiger charge is 2.38. The van der Waals surface area contributed by atoms with Crippen molar-refractivity contribution in [1.82, 2.24) is 30.3 Å². The van der Waals surface area contributed by atoms with Crippen molar-refractivity contribution < 1.29 is 37.3 Å². The zero-order valence-corrected chi connectivity index (χ0v) is 26.6. The van der Waals surface area contributed by atoms with Crippen LogP contribution in [0.4, 0.5) is 24.1 Å². The number of aliphatic carboxylic acids is 1. The lowest BCUT2D eigenvalue weighted by molar-refractivity contribution is -0.192. The SMILES string of the molecule is COc1ccc(Cn2nc(N[C@@H]3CCCNC3)c3c(Oc4ccc(C(=O)Nc5nnc(C)s5)cc4)ccnc32)cc1.O=C(O)C(F)(F)F. The first-order valence-electron chi connectivity index (χ1n) is 14.7. The molecule has 1 amide bonds. The number of benzene rings is 2. The highest BCUT2D eigenvalue weighted by Crippen LogP contribution is 2.35. The number of carbonyl (C=O) groups excluding carboxylic acids is 1. The van der Waals surface area contributed by atoms with Crippen LogP contribution in [0.5, 0.6) is 17.2 Å². The zero-order chi connectivity index (χ0) is 34.3. The van der Waals surface area contributed by atoms with Gasteiger partial charge in [-0.2, -0.15) is 18.3 Å². The molecular formula is C31H31F3N8O5S. The van der Waals surface area contributed by atoms with E-state index in [-0.39, 0.29) is 11.9 Å². The summed E-state index contributed by atoms with van der Waals surface area (Å²) >= 11 is 1.33. The van der Waals surface area contributed by atoms with E-state index < -0.39 is 12.1 Å². The smallest absolute Gasteiger partial charge is 0.490 e. The Morgan fingerprint density at radius 1 is 1.08 bits per heavy atom. The first-order valence-corrected chi connectivity index (χ1v) is 15.5. The van der Waals surface area contributed by atoms with Gasteiger partial charge in [-0.15, -0.1) is 10.2 Å². The molecule has 17 heteroatoms. The number of carbonyl (C=O) groups is 2. The Kier molecular flexibility index (Phi) is 10.7. The van der Waals surface area contributed by atoms with Crippen LogP contribution in [0.15, 0.2) is 60.8 Å². The lowest BCUT2D eigenvalue weighted by Gasteiger charge is -2.23. The third-order valence-electron chi connectivity index (χ3n) is 7.06. The van der Waals surface area contributed by atoms with Crippen molar-refractivity contribution in [3.63, 3.8) is 0 Å². The average Bonchev–Trinajstić information content (AvgIpc) is 3.64. The fourth-order valence-electron chi connectivity index (χ4n) is 4.76. The fraction of sp³-hybridized carbons (Fsp3) is 0.290. The van der Waals surface area contributed by atoms with E-state index >= 15 is 0 Å². The van der Waals surface area contributed by atoms with Crippen LogP contribution < -0.4 is 25.4 Å². The summed E-state index contributed by atoms with van der Waals surface area (Å²) in [7, 11) is 1.66. The van der Waals surface area contributed by atoms with Crippen molar-refractivity contribution in [2.24, 2.45) is 0 Å². The van der Waals surface area contributed by atoms with E-state index in [4.69, 9.17) is 24.5 Å². The summed E-state index contributed by atoms with van der Waals surface area (Å²) in [5.41, 5.74) is 2.28. The summed E-state index contributed by atoms with van der Waals surface area (Å²) < 4.78 is 45.3. The molecule has 1 atom stereocenters. The summed E-state index contributed by atoms with van der Waals surface area (Å²) in [5, 5.41) is 31.9. The van der Waals surface area contributed by atoms with E-state index in [0.29, 0.717) is 34.4 Å². The highest BCUT2D eigenvalue weighted by molar-refractivity contribution is 7.15. The lowest BCUT2D eigenvalue weighted by Crippen LogP contribution is -2.38. The molecule has 0 radical (unpaired) electrons. The van der Waals surface area contributed by atoms with Gasteiger partial charge in [-0.3, -0.25) is 10.1 Å². The molecule has 4 heterocycles. The number of rotatable bonds is 9. The van der Waals surface area contributed by atoms with Crippen molar-refractivity contribution in [3.8, 4) is 17.2 Å². The Morgan fingerprint density at radius 3 is 2.40 bits per heavy atom. The number of ether oxygens (including phenoxy) is 2. The average molecular weight is 685 g/mol. The number of pyridine rings is 1. The Balaban J connectivity index is 0.000000582. The molecule has 3 aromatic heterocycles.